The van der Waals surface area contributed by atoms with E-state index < -0.39 is 5.97 Å². The summed E-state index contributed by atoms with van der Waals surface area (Å²) in [6.07, 6.45) is 4.71. The number of carbonyl (C=O) groups is 1. The van der Waals surface area contributed by atoms with Crippen molar-refractivity contribution in [3.8, 4) is 0 Å². The minimum atomic E-state index is -0.701. The number of thioether (sulfide) groups is 1. The Hall–Kier alpha value is -0.220. The Morgan fingerprint density at radius 3 is 2.64 bits per heavy atom. The Morgan fingerprint density at radius 2 is 2.14 bits per heavy atom. The first-order valence-electron chi connectivity index (χ1n) is 5.26. The lowest BCUT2D eigenvalue weighted by atomic mass is 9.86. The molecule has 4 heteroatoms. The number of nitrogens with one attached hydrogen (secondary N) is 1. The number of hydrogen-bond donors (Lipinski definition) is 2. The molecule has 1 saturated heterocycles. The van der Waals surface area contributed by atoms with E-state index in [1.807, 2.05) is 11.8 Å². The molecule has 1 spiro atoms. The van der Waals surface area contributed by atoms with Gasteiger partial charge in [0.25, 0.3) is 0 Å². The number of aliphatic carboxylic acids is 1. The molecule has 2 rings (SSSR count). The monoisotopic (exact) mass is 215 g/mol. The van der Waals surface area contributed by atoms with Gasteiger partial charge >= 0.3 is 5.97 Å². The van der Waals surface area contributed by atoms with Crippen molar-refractivity contribution in [1.29, 1.82) is 0 Å². The van der Waals surface area contributed by atoms with Gasteiger partial charge < -0.3 is 5.11 Å². The molecule has 0 amide bonds. The third kappa shape index (κ3) is 1.91. The summed E-state index contributed by atoms with van der Waals surface area (Å²) in [5, 5.41) is 12.2. The maximum atomic E-state index is 10.8. The minimum Gasteiger partial charge on any atom is -0.480 e. The fourth-order valence-corrected chi connectivity index (χ4v) is 3.76. The maximum absolute atomic E-state index is 10.8. The molecule has 1 saturated carbocycles. The van der Waals surface area contributed by atoms with E-state index in [1.54, 1.807) is 0 Å². The van der Waals surface area contributed by atoms with Crippen LogP contribution >= 0.6 is 11.8 Å². The first kappa shape index (κ1) is 10.3. The van der Waals surface area contributed by atoms with Crippen molar-refractivity contribution in [3.05, 3.63) is 0 Å². The van der Waals surface area contributed by atoms with Crippen LogP contribution in [0.3, 0.4) is 0 Å². The predicted octanol–water partition coefficient (Wildman–Crippen LogP) is 1.68. The first-order valence-corrected chi connectivity index (χ1v) is 6.24. The van der Waals surface area contributed by atoms with E-state index in [-0.39, 0.29) is 10.9 Å². The van der Waals surface area contributed by atoms with Gasteiger partial charge in [-0.25, -0.2) is 0 Å². The summed E-state index contributed by atoms with van der Waals surface area (Å²) in [6.45, 7) is 2.28. The van der Waals surface area contributed by atoms with Gasteiger partial charge in [-0.2, -0.15) is 0 Å². The lowest BCUT2D eigenvalue weighted by molar-refractivity contribution is -0.139. The Bertz CT molecular complexity index is 236. The highest BCUT2D eigenvalue weighted by atomic mass is 32.2. The molecule has 2 N–H and O–H groups in total. The third-order valence-electron chi connectivity index (χ3n) is 3.34. The van der Waals surface area contributed by atoms with Gasteiger partial charge in [0.05, 0.1) is 4.87 Å². The molecule has 1 aliphatic heterocycles. The highest BCUT2D eigenvalue weighted by Gasteiger charge is 2.43. The summed E-state index contributed by atoms with van der Waals surface area (Å²) in [6, 6.07) is -0.326. The largest absolute Gasteiger partial charge is 0.480 e. The van der Waals surface area contributed by atoms with E-state index in [0.717, 1.165) is 24.5 Å². The maximum Gasteiger partial charge on any atom is 0.321 e. The molecule has 0 aromatic rings. The van der Waals surface area contributed by atoms with Crippen LogP contribution in [0.15, 0.2) is 0 Å². The van der Waals surface area contributed by atoms with E-state index in [0.29, 0.717) is 0 Å². The van der Waals surface area contributed by atoms with Crippen molar-refractivity contribution in [2.24, 2.45) is 5.92 Å². The van der Waals surface area contributed by atoms with E-state index in [4.69, 9.17) is 5.11 Å². The lowest BCUT2D eigenvalue weighted by Gasteiger charge is -2.35. The molecule has 0 bridgehead atoms. The molecular formula is C10H17NO2S. The molecule has 1 atom stereocenters. The number of rotatable bonds is 1. The van der Waals surface area contributed by atoms with Gasteiger partial charge in [0, 0.05) is 5.75 Å². The van der Waals surface area contributed by atoms with Crippen molar-refractivity contribution in [3.63, 3.8) is 0 Å². The molecule has 2 fully saturated rings. The summed E-state index contributed by atoms with van der Waals surface area (Å²) in [4.78, 5) is 10.9. The smallest absolute Gasteiger partial charge is 0.321 e. The van der Waals surface area contributed by atoms with Crippen LogP contribution in [0.2, 0.25) is 0 Å². The summed E-state index contributed by atoms with van der Waals surface area (Å²) in [5.41, 5.74) is 0. The summed E-state index contributed by atoms with van der Waals surface area (Å²) in [7, 11) is 0. The standard InChI is InChI=1S/C10H17NO2S/c1-7-2-4-10(5-3-7)11-8(6-14-10)9(12)13/h7-8,11H,2-6H2,1H3,(H,12,13)/t7?,8-,10?/m1/s1. The number of carboxylic acids is 1. The van der Waals surface area contributed by atoms with Crippen molar-refractivity contribution in [2.75, 3.05) is 5.75 Å². The summed E-state index contributed by atoms with van der Waals surface area (Å²) in [5.74, 6) is 0.837. The Kier molecular flexibility index (Phi) is 2.75. The Morgan fingerprint density at radius 1 is 1.50 bits per heavy atom. The van der Waals surface area contributed by atoms with Crippen LogP contribution in [0.25, 0.3) is 0 Å². The molecule has 0 aromatic heterocycles. The van der Waals surface area contributed by atoms with Gasteiger partial charge in [0.15, 0.2) is 0 Å². The Balaban J connectivity index is 1.96. The van der Waals surface area contributed by atoms with Crippen LogP contribution in [0.5, 0.6) is 0 Å². The topological polar surface area (TPSA) is 49.3 Å². The highest BCUT2D eigenvalue weighted by Crippen LogP contribution is 2.43. The van der Waals surface area contributed by atoms with Crippen LogP contribution < -0.4 is 5.32 Å². The van der Waals surface area contributed by atoms with Crippen LogP contribution in [0.1, 0.15) is 32.6 Å². The van der Waals surface area contributed by atoms with E-state index in [9.17, 15) is 4.79 Å². The lowest BCUT2D eigenvalue weighted by Crippen LogP contribution is -2.46. The second kappa shape index (κ2) is 3.74. The Labute approximate surface area is 88.6 Å². The van der Waals surface area contributed by atoms with Crippen molar-refractivity contribution in [1.82, 2.24) is 5.32 Å². The van der Waals surface area contributed by atoms with Gasteiger partial charge in [-0.05, 0) is 31.6 Å². The molecule has 2 aliphatic rings. The molecule has 0 unspecified atom stereocenters. The van der Waals surface area contributed by atoms with Crippen LogP contribution in [-0.4, -0.2) is 27.7 Å². The van der Waals surface area contributed by atoms with Gasteiger partial charge in [0.1, 0.15) is 6.04 Å². The van der Waals surface area contributed by atoms with E-state index in [2.05, 4.69) is 12.2 Å². The zero-order valence-electron chi connectivity index (χ0n) is 8.45. The minimum absolute atomic E-state index is 0.0928. The zero-order chi connectivity index (χ0) is 10.2. The van der Waals surface area contributed by atoms with Crippen molar-refractivity contribution < 1.29 is 9.90 Å². The SMILES string of the molecule is CC1CCC2(CC1)N[C@@H](C(=O)O)CS2. The number of carboxylic acid groups (broad SMARTS) is 1. The zero-order valence-corrected chi connectivity index (χ0v) is 9.27. The van der Waals surface area contributed by atoms with Crippen molar-refractivity contribution >= 4 is 17.7 Å². The molecule has 14 heavy (non-hydrogen) atoms. The summed E-state index contributed by atoms with van der Waals surface area (Å²) < 4.78 is 0. The average molecular weight is 215 g/mol. The molecule has 1 aliphatic carbocycles. The quantitative estimate of drug-likeness (QED) is 0.699. The summed E-state index contributed by atoms with van der Waals surface area (Å²) >= 11 is 1.81. The van der Waals surface area contributed by atoms with Crippen LogP contribution in [-0.2, 0) is 4.79 Å². The van der Waals surface area contributed by atoms with Gasteiger partial charge in [-0.1, -0.05) is 6.92 Å². The second-order valence-corrected chi connectivity index (χ2v) is 5.93. The third-order valence-corrected chi connectivity index (χ3v) is 4.92. The fraction of sp³-hybridized carbons (Fsp3) is 0.900. The molecular weight excluding hydrogens is 198 g/mol. The number of hydrogen-bond acceptors (Lipinski definition) is 3. The molecule has 0 aromatic carbocycles. The van der Waals surface area contributed by atoms with Gasteiger partial charge in [0.2, 0.25) is 0 Å². The van der Waals surface area contributed by atoms with Crippen molar-refractivity contribution in [2.45, 2.75) is 43.5 Å². The molecule has 80 valence electrons. The molecule has 3 nitrogen and oxygen atoms in total. The fourth-order valence-electron chi connectivity index (χ4n) is 2.29. The normalized spacial score (nSPS) is 42.9. The van der Waals surface area contributed by atoms with Gasteiger partial charge in [-0.3, -0.25) is 10.1 Å². The molecule has 1 heterocycles. The van der Waals surface area contributed by atoms with E-state index >= 15 is 0 Å². The highest BCUT2D eigenvalue weighted by molar-refractivity contribution is 8.00. The van der Waals surface area contributed by atoms with Crippen LogP contribution in [0.4, 0.5) is 0 Å². The van der Waals surface area contributed by atoms with Gasteiger partial charge in [-0.15, -0.1) is 11.8 Å². The van der Waals surface area contributed by atoms with Crippen LogP contribution in [0, 0.1) is 5.92 Å². The average Bonchev–Trinajstić information content (AvgIpc) is 2.56. The van der Waals surface area contributed by atoms with E-state index in [1.165, 1.54) is 12.8 Å². The molecule has 0 radical (unpaired) electrons. The first-order chi connectivity index (χ1) is 6.61. The second-order valence-electron chi connectivity index (χ2n) is 4.52. The predicted molar refractivity (Wildman–Crippen MR) is 57.4 cm³/mol.